The highest BCUT2D eigenvalue weighted by Gasteiger charge is 2.19. The Hall–Kier alpha value is -2.11. The quantitative estimate of drug-likeness (QED) is 0.0261. The number of rotatable bonds is 68. The van der Waals surface area contributed by atoms with E-state index in [-0.39, 0.29) is 31.1 Å². The SMILES string of the molecule is CCCCC/C=C\C/C=C\CCCCCCCCCCCC(=O)OC(COC(=O)CCCCCCCCCCCCCC)COC(=O)CCCCCCCCCCCCCCCCCCCCCCCCCCCCCCCCC. The van der Waals surface area contributed by atoms with Crippen LogP contribution in [0.25, 0.3) is 0 Å². The Labute approximate surface area is 500 Å². The van der Waals surface area contributed by atoms with E-state index in [1.165, 1.54) is 308 Å². The third-order valence-corrected chi connectivity index (χ3v) is 16.7. The summed E-state index contributed by atoms with van der Waals surface area (Å²) in [6.45, 7) is 6.69. The van der Waals surface area contributed by atoms with Crippen LogP contribution in [0.4, 0.5) is 0 Å². The van der Waals surface area contributed by atoms with E-state index < -0.39 is 6.10 Å². The van der Waals surface area contributed by atoms with Gasteiger partial charge in [0.2, 0.25) is 0 Å². The fourth-order valence-electron chi connectivity index (χ4n) is 11.2. The van der Waals surface area contributed by atoms with Crippen molar-refractivity contribution >= 4 is 17.9 Å². The second kappa shape index (κ2) is 69.4. The third-order valence-electron chi connectivity index (χ3n) is 16.7. The van der Waals surface area contributed by atoms with Gasteiger partial charge in [-0.3, -0.25) is 14.4 Å². The molecule has 6 nitrogen and oxygen atoms in total. The Morgan fingerprint density at radius 2 is 0.450 bits per heavy atom. The van der Waals surface area contributed by atoms with Crippen molar-refractivity contribution in [2.45, 2.75) is 419 Å². The summed E-state index contributed by atoms with van der Waals surface area (Å²) < 4.78 is 17.0. The second-order valence-electron chi connectivity index (χ2n) is 24.9. The first-order valence-corrected chi connectivity index (χ1v) is 36.3. The lowest BCUT2D eigenvalue weighted by Crippen LogP contribution is -2.30. The molecule has 0 aliphatic rings. The first-order valence-electron chi connectivity index (χ1n) is 36.3. The van der Waals surface area contributed by atoms with Gasteiger partial charge in [0.05, 0.1) is 0 Å². The summed E-state index contributed by atoms with van der Waals surface area (Å²) in [5, 5.41) is 0. The normalized spacial score (nSPS) is 12.1. The molecule has 0 aliphatic heterocycles. The van der Waals surface area contributed by atoms with E-state index in [1.807, 2.05) is 0 Å². The molecule has 0 bridgehead atoms. The lowest BCUT2D eigenvalue weighted by molar-refractivity contribution is -0.167. The molecule has 0 fully saturated rings. The standard InChI is InChI=1S/C74H140O6/c1-4-7-10-13-16-19-22-25-27-29-31-32-33-34-35-36-37-38-39-40-41-42-44-45-47-49-52-55-58-61-64-67-73(76)79-70-71(69-78-72(75)66-63-60-57-54-51-24-21-18-15-12-9-6-3)80-74(77)68-65-62-59-56-53-50-48-46-43-30-28-26-23-20-17-14-11-8-5-2/h17,20,26,28,71H,4-16,18-19,21-25,27,29-70H2,1-3H3/b20-17-,28-26-. The zero-order valence-corrected chi connectivity index (χ0v) is 54.4. The lowest BCUT2D eigenvalue weighted by atomic mass is 10.0. The van der Waals surface area contributed by atoms with Crippen molar-refractivity contribution in [2.24, 2.45) is 0 Å². The van der Waals surface area contributed by atoms with E-state index in [0.717, 1.165) is 64.2 Å². The summed E-state index contributed by atoms with van der Waals surface area (Å²) in [6, 6.07) is 0. The van der Waals surface area contributed by atoms with Crippen molar-refractivity contribution in [3.63, 3.8) is 0 Å². The summed E-state index contributed by atoms with van der Waals surface area (Å²) in [5.41, 5.74) is 0. The van der Waals surface area contributed by atoms with Crippen molar-refractivity contribution in [3.8, 4) is 0 Å². The van der Waals surface area contributed by atoms with Crippen molar-refractivity contribution in [1.29, 1.82) is 0 Å². The van der Waals surface area contributed by atoms with Crippen LogP contribution >= 0.6 is 0 Å². The maximum Gasteiger partial charge on any atom is 0.306 e. The van der Waals surface area contributed by atoms with Gasteiger partial charge in [-0.1, -0.05) is 366 Å². The van der Waals surface area contributed by atoms with Crippen LogP contribution in [0.3, 0.4) is 0 Å². The largest absolute Gasteiger partial charge is 0.462 e. The molecule has 0 aliphatic carbocycles. The number of carbonyl (C=O) groups is 3. The smallest absolute Gasteiger partial charge is 0.306 e. The van der Waals surface area contributed by atoms with E-state index in [1.54, 1.807) is 0 Å². The summed E-state index contributed by atoms with van der Waals surface area (Å²) in [5.74, 6) is -0.840. The third kappa shape index (κ3) is 66.7. The van der Waals surface area contributed by atoms with Crippen LogP contribution in [-0.2, 0) is 28.6 Å². The molecule has 0 radical (unpaired) electrons. The number of carbonyl (C=O) groups excluding carboxylic acids is 3. The van der Waals surface area contributed by atoms with Gasteiger partial charge in [-0.25, -0.2) is 0 Å². The van der Waals surface area contributed by atoms with Crippen LogP contribution in [0, 0.1) is 0 Å². The van der Waals surface area contributed by atoms with E-state index >= 15 is 0 Å². The molecular formula is C74H140O6. The number of unbranched alkanes of at least 4 members (excludes halogenated alkanes) is 53. The minimum absolute atomic E-state index is 0.0666. The van der Waals surface area contributed by atoms with Gasteiger partial charge < -0.3 is 14.2 Å². The molecule has 0 saturated carbocycles. The minimum atomic E-state index is -0.770. The fourth-order valence-corrected chi connectivity index (χ4v) is 11.2. The van der Waals surface area contributed by atoms with Gasteiger partial charge in [-0.15, -0.1) is 0 Å². The summed E-state index contributed by atoms with van der Waals surface area (Å²) >= 11 is 0. The van der Waals surface area contributed by atoms with Gasteiger partial charge >= 0.3 is 17.9 Å². The molecule has 0 aromatic rings. The topological polar surface area (TPSA) is 78.9 Å². The molecule has 0 spiro atoms. The molecule has 6 heteroatoms. The number of ether oxygens (including phenoxy) is 3. The fraction of sp³-hybridized carbons (Fsp3) is 0.905. The Bertz CT molecular complexity index is 1290. The van der Waals surface area contributed by atoms with Crippen molar-refractivity contribution in [1.82, 2.24) is 0 Å². The Kier molecular flexibility index (Phi) is 67.6. The highest BCUT2D eigenvalue weighted by molar-refractivity contribution is 5.71. The van der Waals surface area contributed by atoms with Gasteiger partial charge in [0.25, 0.3) is 0 Å². The minimum Gasteiger partial charge on any atom is -0.462 e. The van der Waals surface area contributed by atoms with Crippen molar-refractivity contribution in [2.75, 3.05) is 13.2 Å². The maximum atomic E-state index is 12.9. The maximum absolute atomic E-state index is 12.9. The van der Waals surface area contributed by atoms with E-state index in [9.17, 15) is 14.4 Å². The van der Waals surface area contributed by atoms with Crippen LogP contribution in [0.15, 0.2) is 24.3 Å². The first-order chi connectivity index (χ1) is 39.5. The monoisotopic (exact) mass is 1130 g/mol. The van der Waals surface area contributed by atoms with Crippen molar-refractivity contribution < 1.29 is 28.6 Å². The molecular weight excluding hydrogens is 985 g/mol. The van der Waals surface area contributed by atoms with Crippen LogP contribution in [-0.4, -0.2) is 37.2 Å². The molecule has 0 aromatic heterocycles. The first kappa shape index (κ1) is 77.9. The predicted octanol–water partition coefficient (Wildman–Crippen LogP) is 25.0. The predicted molar refractivity (Wildman–Crippen MR) is 349 cm³/mol. The van der Waals surface area contributed by atoms with Crippen LogP contribution < -0.4 is 0 Å². The van der Waals surface area contributed by atoms with E-state index in [0.29, 0.717) is 19.3 Å². The average molecular weight is 1130 g/mol. The molecule has 1 atom stereocenters. The van der Waals surface area contributed by atoms with Gasteiger partial charge in [0, 0.05) is 19.3 Å². The average Bonchev–Trinajstić information content (AvgIpc) is 3.46. The van der Waals surface area contributed by atoms with Gasteiger partial charge in [-0.05, 0) is 51.4 Å². The number of hydrogen-bond acceptors (Lipinski definition) is 6. The van der Waals surface area contributed by atoms with Crippen LogP contribution in [0.1, 0.15) is 412 Å². The zero-order chi connectivity index (χ0) is 57.8. The highest BCUT2D eigenvalue weighted by atomic mass is 16.6. The number of hydrogen-bond donors (Lipinski definition) is 0. The highest BCUT2D eigenvalue weighted by Crippen LogP contribution is 2.19. The molecule has 472 valence electrons. The Morgan fingerprint density at radius 3 is 0.713 bits per heavy atom. The Balaban J connectivity index is 4.11. The van der Waals surface area contributed by atoms with Gasteiger partial charge in [0.1, 0.15) is 13.2 Å². The molecule has 0 rings (SSSR count). The molecule has 0 heterocycles. The molecule has 0 N–H and O–H groups in total. The lowest BCUT2D eigenvalue weighted by Gasteiger charge is -2.18. The number of allylic oxidation sites excluding steroid dienone is 4. The summed E-state index contributed by atoms with van der Waals surface area (Å²) in [7, 11) is 0. The molecule has 80 heavy (non-hydrogen) atoms. The molecule has 0 saturated heterocycles. The second-order valence-corrected chi connectivity index (χ2v) is 24.9. The van der Waals surface area contributed by atoms with Gasteiger partial charge in [-0.2, -0.15) is 0 Å². The summed E-state index contributed by atoms with van der Waals surface area (Å²) in [4.78, 5) is 38.4. The zero-order valence-electron chi connectivity index (χ0n) is 54.4. The molecule has 0 amide bonds. The van der Waals surface area contributed by atoms with Crippen molar-refractivity contribution in [3.05, 3.63) is 24.3 Å². The molecule has 1 unspecified atom stereocenters. The Morgan fingerprint density at radius 1 is 0.250 bits per heavy atom. The van der Waals surface area contributed by atoms with Crippen LogP contribution in [0.2, 0.25) is 0 Å². The number of esters is 3. The van der Waals surface area contributed by atoms with E-state index in [4.69, 9.17) is 14.2 Å². The summed E-state index contributed by atoms with van der Waals surface area (Å²) in [6.07, 6.45) is 85.1. The van der Waals surface area contributed by atoms with Gasteiger partial charge in [0.15, 0.2) is 6.10 Å². The van der Waals surface area contributed by atoms with E-state index in [2.05, 4.69) is 45.1 Å². The van der Waals surface area contributed by atoms with Crippen LogP contribution in [0.5, 0.6) is 0 Å². The molecule has 0 aromatic carbocycles.